The van der Waals surface area contributed by atoms with Crippen LogP contribution in [0, 0.1) is 13.8 Å². The van der Waals surface area contributed by atoms with E-state index < -0.39 is 0 Å². The minimum Gasteiger partial charge on any atom is -0.492 e. The Hall–Kier alpha value is -1.85. The van der Waals surface area contributed by atoms with Gasteiger partial charge in [-0.3, -0.25) is 9.59 Å². The SMILES string of the molecule is CC(=O)c1ccc(NC(=O)CCCOc2cc(C)c(Cl)c(C)c2Br)cc1. The molecule has 0 saturated heterocycles. The summed E-state index contributed by atoms with van der Waals surface area (Å²) in [5, 5.41) is 3.53. The molecule has 6 heteroatoms. The lowest BCUT2D eigenvalue weighted by molar-refractivity contribution is -0.116. The molecule has 0 radical (unpaired) electrons. The van der Waals surface area contributed by atoms with Crippen LogP contribution in [0.3, 0.4) is 0 Å². The topological polar surface area (TPSA) is 55.4 Å². The highest BCUT2D eigenvalue weighted by Crippen LogP contribution is 2.35. The van der Waals surface area contributed by atoms with Gasteiger partial charge < -0.3 is 10.1 Å². The van der Waals surface area contributed by atoms with E-state index in [1.807, 2.05) is 19.9 Å². The summed E-state index contributed by atoms with van der Waals surface area (Å²) in [6, 6.07) is 8.73. The van der Waals surface area contributed by atoms with E-state index in [4.69, 9.17) is 16.3 Å². The molecule has 0 bridgehead atoms. The summed E-state index contributed by atoms with van der Waals surface area (Å²) in [7, 11) is 0. The van der Waals surface area contributed by atoms with Crippen LogP contribution in [0.2, 0.25) is 5.02 Å². The minimum absolute atomic E-state index is 0.00106. The molecule has 2 aromatic rings. The zero-order chi connectivity index (χ0) is 19.3. The van der Waals surface area contributed by atoms with E-state index in [0.29, 0.717) is 30.7 Å². The molecule has 1 N–H and O–H groups in total. The van der Waals surface area contributed by atoms with Crippen molar-refractivity contribution in [2.45, 2.75) is 33.6 Å². The van der Waals surface area contributed by atoms with Crippen molar-refractivity contribution in [3.63, 3.8) is 0 Å². The Bertz CT molecular complexity index is 819. The van der Waals surface area contributed by atoms with Crippen LogP contribution in [0.1, 0.15) is 41.3 Å². The van der Waals surface area contributed by atoms with E-state index in [0.717, 1.165) is 26.4 Å². The fraction of sp³-hybridized carbons (Fsp3) is 0.300. The van der Waals surface area contributed by atoms with Crippen LogP contribution in [0.15, 0.2) is 34.8 Å². The molecule has 26 heavy (non-hydrogen) atoms. The maximum Gasteiger partial charge on any atom is 0.224 e. The van der Waals surface area contributed by atoms with Crippen LogP contribution >= 0.6 is 27.5 Å². The maximum absolute atomic E-state index is 12.0. The van der Waals surface area contributed by atoms with E-state index in [2.05, 4.69) is 21.2 Å². The molecule has 4 nitrogen and oxygen atoms in total. The predicted octanol–water partition coefficient (Wildman–Crippen LogP) is 5.72. The average Bonchev–Trinajstić information content (AvgIpc) is 2.61. The van der Waals surface area contributed by atoms with Crippen LogP contribution in [0.25, 0.3) is 0 Å². The first kappa shape index (κ1) is 20.5. The number of carbonyl (C=O) groups excluding carboxylic acids is 2. The van der Waals surface area contributed by atoms with Crippen molar-refractivity contribution >= 4 is 44.9 Å². The molecule has 0 saturated carbocycles. The van der Waals surface area contributed by atoms with Gasteiger partial charge in [0, 0.05) is 22.7 Å². The maximum atomic E-state index is 12.0. The number of hydrogen-bond acceptors (Lipinski definition) is 3. The molecule has 0 aromatic heterocycles. The number of aryl methyl sites for hydroxylation is 1. The monoisotopic (exact) mass is 437 g/mol. The number of amides is 1. The molecule has 0 fully saturated rings. The van der Waals surface area contributed by atoms with Gasteiger partial charge in [-0.2, -0.15) is 0 Å². The Morgan fingerprint density at radius 1 is 1.19 bits per heavy atom. The van der Waals surface area contributed by atoms with Gasteiger partial charge in [-0.15, -0.1) is 0 Å². The highest BCUT2D eigenvalue weighted by atomic mass is 79.9. The highest BCUT2D eigenvalue weighted by molar-refractivity contribution is 9.10. The van der Waals surface area contributed by atoms with Crippen LogP contribution in [-0.2, 0) is 4.79 Å². The van der Waals surface area contributed by atoms with E-state index >= 15 is 0 Å². The summed E-state index contributed by atoms with van der Waals surface area (Å²) >= 11 is 9.70. The van der Waals surface area contributed by atoms with Crippen LogP contribution < -0.4 is 10.1 Å². The van der Waals surface area contributed by atoms with E-state index in [1.54, 1.807) is 24.3 Å². The van der Waals surface area contributed by atoms with Crippen molar-refractivity contribution in [2.24, 2.45) is 0 Å². The molecule has 0 heterocycles. The normalized spacial score (nSPS) is 10.5. The van der Waals surface area contributed by atoms with Crippen molar-refractivity contribution in [1.29, 1.82) is 0 Å². The van der Waals surface area contributed by atoms with E-state index in [1.165, 1.54) is 6.92 Å². The minimum atomic E-state index is -0.0910. The van der Waals surface area contributed by atoms with Gasteiger partial charge in [0.2, 0.25) is 5.91 Å². The molecular formula is C20H21BrClNO3. The van der Waals surface area contributed by atoms with Gasteiger partial charge in [0.1, 0.15) is 5.75 Å². The molecule has 0 aliphatic heterocycles. The molecule has 1 amide bonds. The van der Waals surface area contributed by atoms with Gasteiger partial charge in [0.15, 0.2) is 5.78 Å². The lowest BCUT2D eigenvalue weighted by atomic mass is 10.1. The molecule has 138 valence electrons. The van der Waals surface area contributed by atoms with Gasteiger partial charge in [-0.05, 0) is 84.6 Å². The number of hydrogen-bond donors (Lipinski definition) is 1. The molecule has 0 aliphatic carbocycles. The summed E-state index contributed by atoms with van der Waals surface area (Å²) in [5.74, 6) is 0.634. The van der Waals surface area contributed by atoms with Crippen molar-refractivity contribution in [1.82, 2.24) is 0 Å². The number of ether oxygens (including phenoxy) is 1. The number of anilines is 1. The number of halogens is 2. The second kappa shape index (κ2) is 9.19. The molecule has 0 unspecified atom stereocenters. The molecule has 0 aliphatic rings. The summed E-state index contributed by atoms with van der Waals surface area (Å²) in [6.45, 7) is 5.79. The Kier molecular flexibility index (Phi) is 7.23. The van der Waals surface area contributed by atoms with Gasteiger partial charge in [0.25, 0.3) is 0 Å². The third-order valence-electron chi connectivity index (χ3n) is 3.95. The van der Waals surface area contributed by atoms with Crippen molar-refractivity contribution in [3.8, 4) is 5.75 Å². The highest BCUT2D eigenvalue weighted by Gasteiger charge is 2.11. The van der Waals surface area contributed by atoms with Crippen molar-refractivity contribution in [2.75, 3.05) is 11.9 Å². The number of ketones is 1. The Morgan fingerprint density at radius 3 is 2.46 bits per heavy atom. The first-order chi connectivity index (χ1) is 12.3. The molecule has 0 spiro atoms. The average molecular weight is 439 g/mol. The Balaban J connectivity index is 1.81. The third kappa shape index (κ3) is 5.32. The number of Topliss-reactive ketones (excluding diaryl/α,β-unsaturated/α-hetero) is 1. The van der Waals surface area contributed by atoms with Gasteiger partial charge in [0.05, 0.1) is 11.1 Å². The standard InChI is InChI=1S/C20H21BrClNO3/c1-12-11-17(19(21)13(2)20(12)22)26-10-4-5-18(25)23-16-8-6-15(7-9-16)14(3)24/h6-9,11H,4-5,10H2,1-3H3,(H,23,25). The van der Waals surface area contributed by atoms with Crippen LogP contribution in [0.5, 0.6) is 5.75 Å². The fourth-order valence-corrected chi connectivity index (χ4v) is 3.12. The number of benzene rings is 2. The quantitative estimate of drug-likeness (QED) is 0.444. The summed E-state index contributed by atoms with van der Waals surface area (Å²) in [5.41, 5.74) is 3.19. The second-order valence-electron chi connectivity index (χ2n) is 6.08. The first-order valence-electron chi connectivity index (χ1n) is 8.28. The lowest BCUT2D eigenvalue weighted by Crippen LogP contribution is -2.13. The summed E-state index contributed by atoms with van der Waals surface area (Å²) in [4.78, 5) is 23.2. The predicted molar refractivity (Wildman–Crippen MR) is 108 cm³/mol. The number of rotatable bonds is 7. The van der Waals surface area contributed by atoms with E-state index in [-0.39, 0.29) is 11.7 Å². The van der Waals surface area contributed by atoms with Crippen LogP contribution in [-0.4, -0.2) is 18.3 Å². The zero-order valence-electron chi connectivity index (χ0n) is 15.0. The Morgan fingerprint density at radius 2 is 1.85 bits per heavy atom. The Labute approximate surface area is 167 Å². The summed E-state index contributed by atoms with van der Waals surface area (Å²) in [6.07, 6.45) is 0.933. The molecule has 2 rings (SSSR count). The van der Waals surface area contributed by atoms with Crippen molar-refractivity contribution in [3.05, 3.63) is 56.5 Å². The smallest absolute Gasteiger partial charge is 0.224 e. The second-order valence-corrected chi connectivity index (χ2v) is 7.25. The van der Waals surface area contributed by atoms with E-state index in [9.17, 15) is 9.59 Å². The van der Waals surface area contributed by atoms with Crippen molar-refractivity contribution < 1.29 is 14.3 Å². The van der Waals surface area contributed by atoms with Gasteiger partial charge in [-0.1, -0.05) is 11.6 Å². The van der Waals surface area contributed by atoms with Gasteiger partial charge >= 0.3 is 0 Å². The molecule has 0 atom stereocenters. The third-order valence-corrected chi connectivity index (χ3v) is 5.52. The number of nitrogens with one attached hydrogen (secondary N) is 1. The van der Waals surface area contributed by atoms with Gasteiger partial charge in [-0.25, -0.2) is 0 Å². The summed E-state index contributed by atoms with van der Waals surface area (Å²) < 4.78 is 6.61. The zero-order valence-corrected chi connectivity index (χ0v) is 17.3. The molecule has 2 aromatic carbocycles. The first-order valence-corrected chi connectivity index (χ1v) is 9.45. The van der Waals surface area contributed by atoms with Crippen LogP contribution in [0.4, 0.5) is 5.69 Å². The number of carbonyl (C=O) groups is 2. The lowest BCUT2D eigenvalue weighted by Gasteiger charge is -2.13. The molecular weight excluding hydrogens is 418 g/mol. The fourth-order valence-electron chi connectivity index (χ4n) is 2.43. The largest absolute Gasteiger partial charge is 0.492 e.